The molecule has 29 heavy (non-hydrogen) atoms. The molecule has 1 nitrogen and oxygen atoms in total. The van der Waals surface area contributed by atoms with Gasteiger partial charge in [-0.05, 0) is 70.5 Å². The van der Waals surface area contributed by atoms with E-state index >= 15 is 0 Å². The van der Waals surface area contributed by atoms with Gasteiger partial charge in [0.25, 0.3) is 0 Å². The summed E-state index contributed by atoms with van der Waals surface area (Å²) in [7, 11) is 0. The van der Waals surface area contributed by atoms with Crippen LogP contribution < -0.4 is 4.90 Å². The second-order valence-electron chi connectivity index (χ2n) is 7.94. The minimum Gasteiger partial charge on any atom is -0.311 e. The van der Waals surface area contributed by atoms with Crippen molar-refractivity contribution in [2.45, 2.75) is 25.7 Å². The molecular weight excluding hydrogens is 350 g/mol. The third kappa shape index (κ3) is 3.03. The maximum absolute atomic E-state index is 2.34. The zero-order chi connectivity index (χ0) is 19.8. The largest absolute Gasteiger partial charge is 0.311 e. The van der Waals surface area contributed by atoms with Gasteiger partial charge in [0.05, 0.1) is 0 Å². The number of anilines is 3. The maximum Gasteiger partial charge on any atom is 0.0462 e. The zero-order valence-corrected chi connectivity index (χ0v) is 16.9. The molecular formula is C28H25N. The van der Waals surface area contributed by atoms with Crippen LogP contribution in [0, 0.1) is 0 Å². The fraction of sp³-hybridized carbons (Fsp3) is 0.143. The average molecular weight is 376 g/mol. The summed E-state index contributed by atoms with van der Waals surface area (Å²) in [5, 5.41) is 0. The lowest BCUT2D eigenvalue weighted by atomic mass is 9.67. The van der Waals surface area contributed by atoms with Crippen molar-refractivity contribution in [3.05, 3.63) is 114 Å². The zero-order valence-electron chi connectivity index (χ0n) is 16.9. The van der Waals surface area contributed by atoms with E-state index in [1.807, 2.05) is 0 Å². The minimum atomic E-state index is 0.631. The molecule has 0 amide bonds. The van der Waals surface area contributed by atoms with Crippen LogP contribution in [0.15, 0.2) is 103 Å². The molecule has 0 fully saturated rings. The molecule has 0 bridgehead atoms. The van der Waals surface area contributed by atoms with E-state index in [1.54, 1.807) is 0 Å². The van der Waals surface area contributed by atoms with Gasteiger partial charge in [-0.2, -0.15) is 0 Å². The summed E-state index contributed by atoms with van der Waals surface area (Å²) >= 11 is 0. The van der Waals surface area contributed by atoms with E-state index in [0.717, 1.165) is 11.4 Å². The Balaban J connectivity index is 1.56. The van der Waals surface area contributed by atoms with E-state index < -0.39 is 0 Å². The molecule has 0 spiro atoms. The van der Waals surface area contributed by atoms with E-state index in [1.165, 1.54) is 27.9 Å². The highest BCUT2D eigenvalue weighted by Gasteiger charge is 2.32. The second kappa shape index (κ2) is 7.25. The summed E-state index contributed by atoms with van der Waals surface area (Å²) in [6.07, 6.45) is 0. The van der Waals surface area contributed by atoms with Crippen LogP contribution in [-0.4, -0.2) is 0 Å². The molecule has 0 saturated heterocycles. The Morgan fingerprint density at radius 3 is 1.66 bits per heavy atom. The van der Waals surface area contributed by atoms with Crippen molar-refractivity contribution in [1.82, 2.24) is 0 Å². The van der Waals surface area contributed by atoms with Crippen molar-refractivity contribution in [3.63, 3.8) is 0 Å². The molecule has 0 heterocycles. The van der Waals surface area contributed by atoms with E-state index in [2.05, 4.69) is 122 Å². The van der Waals surface area contributed by atoms with Gasteiger partial charge in [-0.25, -0.2) is 0 Å². The van der Waals surface area contributed by atoms with Crippen LogP contribution in [0.2, 0.25) is 0 Å². The van der Waals surface area contributed by atoms with Gasteiger partial charge in [0.2, 0.25) is 0 Å². The van der Waals surface area contributed by atoms with Crippen LogP contribution in [-0.2, 0) is 0 Å². The fourth-order valence-electron chi connectivity index (χ4n) is 4.55. The standard InChI is InChI=1S/C28H25N/c1-20-21(2)28-26(20)14-9-15-27(28)22-16-18-25(19-17-22)29(23-10-5-3-6-11-23)24-12-7-4-8-13-24/h3-21H,1-2H3. The van der Waals surface area contributed by atoms with Crippen molar-refractivity contribution in [2.24, 2.45) is 0 Å². The highest BCUT2D eigenvalue weighted by atomic mass is 15.1. The lowest BCUT2D eigenvalue weighted by molar-refractivity contribution is 0.544. The van der Waals surface area contributed by atoms with Crippen LogP contribution in [0.3, 0.4) is 0 Å². The molecule has 0 radical (unpaired) electrons. The Bertz CT molecular complexity index is 1070. The van der Waals surface area contributed by atoms with Gasteiger partial charge in [-0.3, -0.25) is 0 Å². The molecule has 0 aliphatic heterocycles. The van der Waals surface area contributed by atoms with Crippen molar-refractivity contribution in [3.8, 4) is 11.1 Å². The molecule has 2 unspecified atom stereocenters. The van der Waals surface area contributed by atoms with Crippen LogP contribution in [0.25, 0.3) is 11.1 Å². The van der Waals surface area contributed by atoms with Gasteiger partial charge in [0, 0.05) is 17.1 Å². The Morgan fingerprint density at radius 1 is 0.517 bits per heavy atom. The van der Waals surface area contributed by atoms with Gasteiger partial charge in [-0.15, -0.1) is 0 Å². The number of para-hydroxylation sites is 2. The highest BCUT2D eigenvalue weighted by molar-refractivity contribution is 5.79. The Hall–Kier alpha value is -3.32. The van der Waals surface area contributed by atoms with Gasteiger partial charge < -0.3 is 4.90 Å². The average Bonchev–Trinajstić information content (AvgIpc) is 2.80. The second-order valence-corrected chi connectivity index (χ2v) is 7.94. The van der Waals surface area contributed by atoms with E-state index in [0.29, 0.717) is 11.8 Å². The number of hydrogen-bond donors (Lipinski definition) is 0. The van der Waals surface area contributed by atoms with E-state index in [9.17, 15) is 0 Å². The van der Waals surface area contributed by atoms with Crippen LogP contribution in [0.1, 0.15) is 36.8 Å². The molecule has 0 aromatic heterocycles. The number of benzene rings is 4. The molecule has 0 N–H and O–H groups in total. The van der Waals surface area contributed by atoms with Crippen LogP contribution in [0.5, 0.6) is 0 Å². The quantitative estimate of drug-likeness (QED) is 0.349. The summed E-state index contributed by atoms with van der Waals surface area (Å²) in [5.74, 6) is 1.29. The summed E-state index contributed by atoms with van der Waals surface area (Å²) in [6.45, 7) is 4.68. The smallest absolute Gasteiger partial charge is 0.0462 e. The van der Waals surface area contributed by atoms with Crippen LogP contribution in [0.4, 0.5) is 17.1 Å². The molecule has 4 aromatic rings. The topological polar surface area (TPSA) is 3.24 Å². The monoisotopic (exact) mass is 375 g/mol. The Labute approximate surface area is 173 Å². The Morgan fingerprint density at radius 2 is 1.07 bits per heavy atom. The van der Waals surface area contributed by atoms with Crippen molar-refractivity contribution >= 4 is 17.1 Å². The normalized spacial score (nSPS) is 17.3. The maximum atomic E-state index is 2.34. The van der Waals surface area contributed by atoms with Crippen molar-refractivity contribution in [1.29, 1.82) is 0 Å². The van der Waals surface area contributed by atoms with Gasteiger partial charge >= 0.3 is 0 Å². The summed E-state index contributed by atoms with van der Waals surface area (Å²) in [6, 6.07) is 36.9. The molecule has 1 aliphatic carbocycles. The van der Waals surface area contributed by atoms with Gasteiger partial charge in [-0.1, -0.05) is 80.6 Å². The number of fused-ring (bicyclic) bond motifs is 1. The molecule has 0 saturated carbocycles. The number of nitrogens with zero attached hydrogens (tertiary/aromatic N) is 1. The molecule has 1 heteroatoms. The number of rotatable bonds is 4. The SMILES string of the molecule is CC1c2cccc(-c3ccc(N(c4ccccc4)c4ccccc4)cc3)c2C1C. The third-order valence-electron chi connectivity index (χ3n) is 6.30. The fourth-order valence-corrected chi connectivity index (χ4v) is 4.55. The predicted molar refractivity (Wildman–Crippen MR) is 123 cm³/mol. The predicted octanol–water partition coefficient (Wildman–Crippen LogP) is 8.04. The third-order valence-corrected chi connectivity index (χ3v) is 6.30. The first-order valence-corrected chi connectivity index (χ1v) is 10.4. The molecule has 5 rings (SSSR count). The first-order chi connectivity index (χ1) is 14.2. The van der Waals surface area contributed by atoms with Gasteiger partial charge in [0.15, 0.2) is 0 Å². The van der Waals surface area contributed by atoms with Crippen LogP contribution >= 0.6 is 0 Å². The lowest BCUT2D eigenvalue weighted by Crippen LogP contribution is -2.20. The summed E-state index contributed by atoms with van der Waals surface area (Å²) in [4.78, 5) is 2.30. The van der Waals surface area contributed by atoms with Crippen molar-refractivity contribution < 1.29 is 0 Å². The highest BCUT2D eigenvalue weighted by Crippen LogP contribution is 2.50. The summed E-state index contributed by atoms with van der Waals surface area (Å²) < 4.78 is 0. The molecule has 2 atom stereocenters. The number of hydrogen-bond acceptors (Lipinski definition) is 1. The Kier molecular flexibility index (Phi) is 4.44. The van der Waals surface area contributed by atoms with E-state index in [-0.39, 0.29) is 0 Å². The van der Waals surface area contributed by atoms with Gasteiger partial charge in [0.1, 0.15) is 0 Å². The minimum absolute atomic E-state index is 0.631. The van der Waals surface area contributed by atoms with E-state index in [4.69, 9.17) is 0 Å². The lowest BCUT2D eigenvalue weighted by Gasteiger charge is -2.37. The molecule has 1 aliphatic rings. The first-order valence-electron chi connectivity index (χ1n) is 10.4. The van der Waals surface area contributed by atoms with Crippen molar-refractivity contribution in [2.75, 3.05) is 4.90 Å². The summed E-state index contributed by atoms with van der Waals surface area (Å²) in [5.41, 5.74) is 9.21. The first kappa shape index (κ1) is 17.8. The molecule has 142 valence electrons. The molecule has 4 aromatic carbocycles.